The minimum absolute atomic E-state index is 0. The third-order valence-electron chi connectivity index (χ3n) is 3.66. The highest BCUT2D eigenvalue weighted by Gasteiger charge is 2.15. The Morgan fingerprint density at radius 3 is 1.61 bits per heavy atom. The number of rotatable bonds is 15. The van der Waals surface area contributed by atoms with Crippen molar-refractivity contribution in [2.45, 2.75) is 125 Å². The molecule has 9 heteroatoms. The number of aliphatic hydroxyl groups is 1. The van der Waals surface area contributed by atoms with Crippen LogP contribution in [-0.4, -0.2) is 58.7 Å². The SMILES string of the molecule is C.C=CC(=O)OC(C)(C)C.CC#N.CC(C)(C)OC(=O)CCOCCCCCCBr.OCCCCCCBr. The lowest BCUT2D eigenvalue weighted by Crippen LogP contribution is -2.24. The Bertz CT molecular complexity index is 561. The fourth-order valence-electron chi connectivity index (χ4n) is 2.21. The molecule has 0 atom stereocenters. The first kappa shape index (κ1) is 46.9. The largest absolute Gasteiger partial charge is 0.460 e. The molecule has 0 bridgehead atoms. The molecule has 0 amide bonds. The van der Waals surface area contributed by atoms with E-state index in [0.717, 1.165) is 36.2 Å². The zero-order valence-electron chi connectivity index (χ0n) is 24.4. The van der Waals surface area contributed by atoms with Gasteiger partial charge in [0.2, 0.25) is 0 Å². The first-order valence-corrected chi connectivity index (χ1v) is 15.2. The smallest absolute Gasteiger partial charge is 0.330 e. The van der Waals surface area contributed by atoms with E-state index < -0.39 is 11.2 Å². The number of ether oxygens (including phenoxy) is 3. The van der Waals surface area contributed by atoms with Crippen LogP contribution in [0.1, 0.15) is 114 Å². The molecule has 0 rings (SSSR count). The van der Waals surface area contributed by atoms with Crippen LogP contribution in [0.5, 0.6) is 0 Å². The van der Waals surface area contributed by atoms with Crippen LogP contribution in [0.4, 0.5) is 0 Å². The number of aliphatic hydroxyl groups excluding tert-OH is 1. The van der Waals surface area contributed by atoms with Gasteiger partial charge in [-0.15, -0.1) is 0 Å². The zero-order chi connectivity index (χ0) is 29.6. The summed E-state index contributed by atoms with van der Waals surface area (Å²) in [6.07, 6.45) is 10.8. The maximum Gasteiger partial charge on any atom is 0.330 e. The molecule has 0 aromatic heterocycles. The molecule has 0 unspecified atom stereocenters. The van der Waals surface area contributed by atoms with Crippen molar-refractivity contribution < 1.29 is 28.9 Å². The average molecular weight is 676 g/mol. The molecule has 228 valence electrons. The van der Waals surface area contributed by atoms with Crippen LogP contribution in [-0.2, 0) is 23.8 Å². The molecule has 0 saturated carbocycles. The number of hydrogen-bond acceptors (Lipinski definition) is 7. The van der Waals surface area contributed by atoms with E-state index in [9.17, 15) is 9.59 Å². The van der Waals surface area contributed by atoms with Gasteiger partial charge in [-0.1, -0.05) is 71.5 Å². The summed E-state index contributed by atoms with van der Waals surface area (Å²) in [5, 5.41) is 17.8. The molecular formula is C29H57Br2NO6. The Kier molecular flexibility index (Phi) is 42.0. The minimum Gasteiger partial charge on any atom is -0.460 e. The van der Waals surface area contributed by atoms with Gasteiger partial charge in [0.1, 0.15) is 11.2 Å². The Balaban J connectivity index is -0.000000146. The lowest BCUT2D eigenvalue weighted by molar-refractivity contribution is -0.156. The summed E-state index contributed by atoms with van der Waals surface area (Å²) in [6.45, 7) is 17.3. The predicted octanol–water partition coefficient (Wildman–Crippen LogP) is 8.30. The number of nitrogens with zero attached hydrogens (tertiary/aromatic N) is 1. The molecule has 0 aliphatic rings. The highest BCUT2D eigenvalue weighted by Crippen LogP contribution is 2.08. The summed E-state index contributed by atoms with van der Waals surface area (Å²) in [5.41, 5.74) is -0.794. The zero-order valence-corrected chi connectivity index (χ0v) is 27.5. The van der Waals surface area contributed by atoms with Crippen molar-refractivity contribution in [1.82, 2.24) is 0 Å². The van der Waals surface area contributed by atoms with Crippen molar-refractivity contribution >= 4 is 43.8 Å². The molecule has 0 aromatic carbocycles. The van der Waals surface area contributed by atoms with E-state index >= 15 is 0 Å². The van der Waals surface area contributed by atoms with E-state index in [1.807, 2.05) is 41.5 Å². The van der Waals surface area contributed by atoms with E-state index in [1.54, 1.807) is 6.07 Å². The first-order chi connectivity index (χ1) is 17.2. The number of esters is 2. The van der Waals surface area contributed by atoms with Crippen molar-refractivity contribution in [3.8, 4) is 6.07 Å². The summed E-state index contributed by atoms with van der Waals surface area (Å²) >= 11 is 6.74. The second kappa shape index (κ2) is 34.1. The Morgan fingerprint density at radius 2 is 1.26 bits per heavy atom. The molecule has 0 saturated heterocycles. The van der Waals surface area contributed by atoms with Crippen LogP contribution in [0, 0.1) is 11.3 Å². The second-order valence-corrected chi connectivity index (χ2v) is 11.4. The monoisotopic (exact) mass is 673 g/mol. The third kappa shape index (κ3) is 59.9. The van der Waals surface area contributed by atoms with Gasteiger partial charge in [0.15, 0.2) is 0 Å². The van der Waals surface area contributed by atoms with Crippen molar-refractivity contribution in [2.24, 2.45) is 0 Å². The van der Waals surface area contributed by atoms with E-state index in [0.29, 0.717) is 19.6 Å². The molecule has 0 radical (unpaired) electrons. The molecule has 0 spiro atoms. The molecule has 1 N–H and O–H groups in total. The van der Waals surface area contributed by atoms with Crippen molar-refractivity contribution in [3.05, 3.63) is 12.7 Å². The summed E-state index contributed by atoms with van der Waals surface area (Å²) in [5.74, 6) is -0.556. The van der Waals surface area contributed by atoms with Crippen LogP contribution in [0.3, 0.4) is 0 Å². The second-order valence-electron chi connectivity index (χ2n) is 9.84. The molecule has 7 nitrogen and oxygen atoms in total. The van der Waals surface area contributed by atoms with Gasteiger partial charge in [-0.3, -0.25) is 4.79 Å². The number of carbonyl (C=O) groups excluding carboxylic acids is 2. The summed E-state index contributed by atoms with van der Waals surface area (Å²) in [4.78, 5) is 21.8. The number of alkyl halides is 2. The van der Waals surface area contributed by atoms with Gasteiger partial charge < -0.3 is 19.3 Å². The number of unbranched alkanes of at least 4 members (excludes halogenated alkanes) is 6. The summed E-state index contributed by atoms with van der Waals surface area (Å²) in [6, 6.07) is 1.75. The lowest BCUT2D eigenvalue weighted by Gasteiger charge is -2.19. The first-order valence-electron chi connectivity index (χ1n) is 12.9. The van der Waals surface area contributed by atoms with Crippen LogP contribution in [0.15, 0.2) is 12.7 Å². The van der Waals surface area contributed by atoms with Crippen LogP contribution in [0.2, 0.25) is 0 Å². The van der Waals surface area contributed by atoms with Gasteiger partial charge in [-0.2, -0.15) is 5.26 Å². The predicted molar refractivity (Wildman–Crippen MR) is 167 cm³/mol. The van der Waals surface area contributed by atoms with Gasteiger partial charge in [-0.25, -0.2) is 4.79 Å². The molecule has 0 aromatic rings. The molecule has 0 fully saturated rings. The maximum absolute atomic E-state index is 11.3. The van der Waals surface area contributed by atoms with E-state index in [4.69, 9.17) is 24.6 Å². The van der Waals surface area contributed by atoms with Gasteiger partial charge >= 0.3 is 11.9 Å². The van der Waals surface area contributed by atoms with E-state index in [1.165, 1.54) is 45.4 Å². The van der Waals surface area contributed by atoms with Gasteiger partial charge in [-0.05, 0) is 67.2 Å². The van der Waals surface area contributed by atoms with Crippen LogP contribution in [0.25, 0.3) is 0 Å². The third-order valence-corrected chi connectivity index (χ3v) is 4.78. The normalized spacial score (nSPS) is 9.92. The van der Waals surface area contributed by atoms with Crippen LogP contribution >= 0.6 is 31.9 Å². The number of halogens is 2. The fraction of sp³-hybridized carbons (Fsp3) is 0.828. The Labute approximate surface area is 251 Å². The minimum atomic E-state index is -0.398. The lowest BCUT2D eigenvalue weighted by atomic mass is 10.2. The van der Waals surface area contributed by atoms with E-state index in [2.05, 4.69) is 38.4 Å². The van der Waals surface area contributed by atoms with Crippen molar-refractivity contribution in [1.29, 1.82) is 5.26 Å². The topological polar surface area (TPSA) is 106 Å². The molecule has 38 heavy (non-hydrogen) atoms. The van der Waals surface area contributed by atoms with Crippen molar-refractivity contribution in [3.63, 3.8) is 0 Å². The fourth-order valence-corrected chi connectivity index (χ4v) is 3.00. The highest BCUT2D eigenvalue weighted by atomic mass is 79.9. The maximum atomic E-state index is 11.3. The van der Waals surface area contributed by atoms with Gasteiger partial charge in [0.05, 0.1) is 19.1 Å². The van der Waals surface area contributed by atoms with Gasteiger partial charge in [0.25, 0.3) is 0 Å². The molecule has 0 aliphatic heterocycles. The highest BCUT2D eigenvalue weighted by molar-refractivity contribution is 9.09. The van der Waals surface area contributed by atoms with Crippen LogP contribution < -0.4 is 0 Å². The molecule has 0 aliphatic carbocycles. The molecule has 0 heterocycles. The standard InChI is InChI=1S/C13H25BrO3.C7H12O2.C6H13BrO.C2H3N.CH4/c1-13(2,3)17-12(15)8-11-16-10-7-5-4-6-9-14;1-5-6(8)9-7(2,3)4;7-5-3-1-2-4-6-8;1-2-3;/h4-11H2,1-3H3;5H,1H2,2-4H3;8H,1-6H2;1H3;1H4. The average Bonchev–Trinajstić information content (AvgIpc) is 2.78. The van der Waals surface area contributed by atoms with E-state index in [-0.39, 0.29) is 19.4 Å². The van der Waals surface area contributed by atoms with Crippen molar-refractivity contribution in [2.75, 3.05) is 30.5 Å². The quantitative estimate of drug-likeness (QED) is 0.0806. The number of nitriles is 1. The Morgan fingerprint density at radius 1 is 0.842 bits per heavy atom. The summed E-state index contributed by atoms with van der Waals surface area (Å²) < 4.78 is 15.4. The summed E-state index contributed by atoms with van der Waals surface area (Å²) in [7, 11) is 0. The molecular weight excluding hydrogens is 618 g/mol. The number of carbonyl (C=O) groups is 2. The Hall–Kier alpha value is -0.950. The number of hydrogen-bond donors (Lipinski definition) is 1. The van der Waals surface area contributed by atoms with Gasteiger partial charge in [0, 0.05) is 36.9 Å².